The van der Waals surface area contributed by atoms with E-state index in [1.807, 2.05) is 13.2 Å². The summed E-state index contributed by atoms with van der Waals surface area (Å²) in [6.07, 6.45) is 5.48. The molecule has 4 nitrogen and oxygen atoms in total. The second kappa shape index (κ2) is 9.56. The highest BCUT2D eigenvalue weighted by Gasteiger charge is 2.27. The first-order valence-corrected chi connectivity index (χ1v) is 9.84. The predicted molar refractivity (Wildman–Crippen MR) is 102 cm³/mol. The second-order valence-electron chi connectivity index (χ2n) is 7.73. The molecule has 1 saturated carbocycles. The number of hydrogen-bond donors (Lipinski definition) is 0. The van der Waals surface area contributed by atoms with Gasteiger partial charge in [0.15, 0.2) is 0 Å². The number of benzene rings is 1. The Kier molecular flexibility index (Phi) is 7.14. The molecule has 2 aliphatic rings. The fourth-order valence-corrected chi connectivity index (χ4v) is 3.91. The number of likely N-dealkylation sites (tertiary alicyclic amines) is 1. The molecule has 0 atom stereocenters. The first-order valence-electron chi connectivity index (χ1n) is 9.84. The van der Waals surface area contributed by atoms with E-state index in [0.717, 1.165) is 37.3 Å². The summed E-state index contributed by atoms with van der Waals surface area (Å²) in [6, 6.07) is 8.40. The van der Waals surface area contributed by atoms with Crippen LogP contribution in [-0.2, 0) is 11.3 Å². The van der Waals surface area contributed by atoms with E-state index < -0.39 is 0 Å². The van der Waals surface area contributed by atoms with Crippen molar-refractivity contribution < 1.29 is 9.47 Å². The fourth-order valence-electron chi connectivity index (χ4n) is 3.91. The smallest absolute Gasteiger partial charge is 0.123 e. The lowest BCUT2D eigenvalue weighted by Crippen LogP contribution is -2.40. The highest BCUT2D eigenvalue weighted by Crippen LogP contribution is 2.30. The number of methoxy groups -OCH3 is 2. The zero-order valence-corrected chi connectivity index (χ0v) is 16.0. The molecule has 1 heterocycles. The normalized spacial score (nSPS) is 19.5. The molecule has 0 N–H and O–H groups in total. The number of ether oxygens (including phenoxy) is 2. The molecule has 140 valence electrons. The zero-order valence-electron chi connectivity index (χ0n) is 16.0. The molecule has 1 aromatic carbocycles. The third kappa shape index (κ3) is 5.98. The predicted octanol–water partition coefficient (Wildman–Crippen LogP) is 3.27. The minimum Gasteiger partial charge on any atom is -0.496 e. The maximum Gasteiger partial charge on any atom is 0.123 e. The Labute approximate surface area is 153 Å². The van der Waals surface area contributed by atoms with E-state index >= 15 is 0 Å². The molecule has 0 radical (unpaired) electrons. The lowest BCUT2D eigenvalue weighted by molar-refractivity contribution is 0.107. The summed E-state index contributed by atoms with van der Waals surface area (Å²) in [5.41, 5.74) is 1.30. The van der Waals surface area contributed by atoms with E-state index in [0.29, 0.717) is 0 Å². The Morgan fingerprint density at radius 2 is 1.68 bits per heavy atom. The van der Waals surface area contributed by atoms with Gasteiger partial charge in [0.1, 0.15) is 5.75 Å². The van der Waals surface area contributed by atoms with Crippen LogP contribution in [0.4, 0.5) is 0 Å². The van der Waals surface area contributed by atoms with E-state index in [1.165, 1.54) is 57.4 Å². The Morgan fingerprint density at radius 3 is 2.32 bits per heavy atom. The number of rotatable bonds is 10. The standard InChI is InChI=1S/C21H34N2O2/c1-24-14-13-23(15-18-7-8-18)16-19-9-11-22(12-10-19)17-20-5-3-4-6-21(20)25-2/h3-6,18-19H,7-17H2,1-2H3. The minimum absolute atomic E-state index is 0.838. The topological polar surface area (TPSA) is 24.9 Å². The number of piperidine rings is 1. The largest absolute Gasteiger partial charge is 0.496 e. The van der Waals surface area contributed by atoms with Gasteiger partial charge >= 0.3 is 0 Å². The van der Waals surface area contributed by atoms with Gasteiger partial charge in [-0.3, -0.25) is 4.90 Å². The Morgan fingerprint density at radius 1 is 1.00 bits per heavy atom. The van der Waals surface area contributed by atoms with Gasteiger partial charge in [0.25, 0.3) is 0 Å². The molecule has 0 spiro atoms. The van der Waals surface area contributed by atoms with Crippen LogP contribution in [0.25, 0.3) is 0 Å². The van der Waals surface area contributed by atoms with Crippen LogP contribution in [-0.4, -0.2) is 63.4 Å². The van der Waals surface area contributed by atoms with Crippen molar-refractivity contribution in [3.63, 3.8) is 0 Å². The molecule has 2 fully saturated rings. The number of hydrogen-bond acceptors (Lipinski definition) is 4. The van der Waals surface area contributed by atoms with Crippen LogP contribution in [0.5, 0.6) is 5.75 Å². The summed E-state index contributed by atoms with van der Waals surface area (Å²) in [6.45, 7) is 7.89. The maximum atomic E-state index is 5.50. The van der Waals surface area contributed by atoms with Gasteiger partial charge < -0.3 is 14.4 Å². The summed E-state index contributed by atoms with van der Waals surface area (Å²) in [7, 11) is 3.57. The van der Waals surface area contributed by atoms with Crippen molar-refractivity contribution in [3.05, 3.63) is 29.8 Å². The van der Waals surface area contributed by atoms with E-state index in [-0.39, 0.29) is 0 Å². The third-order valence-corrected chi connectivity index (χ3v) is 5.63. The number of para-hydroxylation sites is 1. The first kappa shape index (κ1) is 18.7. The lowest BCUT2D eigenvalue weighted by atomic mass is 9.95. The molecule has 0 amide bonds. The second-order valence-corrected chi connectivity index (χ2v) is 7.73. The van der Waals surface area contributed by atoms with Crippen molar-refractivity contribution >= 4 is 0 Å². The van der Waals surface area contributed by atoms with Crippen molar-refractivity contribution in [1.29, 1.82) is 0 Å². The Bertz CT molecular complexity index is 510. The summed E-state index contributed by atoms with van der Waals surface area (Å²) in [5.74, 6) is 2.81. The minimum atomic E-state index is 0.838. The molecule has 1 aliphatic carbocycles. The average Bonchev–Trinajstić information content (AvgIpc) is 3.46. The van der Waals surface area contributed by atoms with Gasteiger partial charge in [-0.2, -0.15) is 0 Å². The van der Waals surface area contributed by atoms with Crippen LogP contribution >= 0.6 is 0 Å². The van der Waals surface area contributed by atoms with Crippen molar-refractivity contribution in [2.75, 3.05) is 53.6 Å². The highest BCUT2D eigenvalue weighted by atomic mass is 16.5. The summed E-state index contributed by atoms with van der Waals surface area (Å²) in [5, 5.41) is 0. The van der Waals surface area contributed by atoms with Crippen LogP contribution in [0.2, 0.25) is 0 Å². The molecular formula is C21H34N2O2. The van der Waals surface area contributed by atoms with Gasteiger partial charge in [-0.15, -0.1) is 0 Å². The van der Waals surface area contributed by atoms with E-state index in [1.54, 1.807) is 7.11 Å². The van der Waals surface area contributed by atoms with Gasteiger partial charge in [0.05, 0.1) is 13.7 Å². The monoisotopic (exact) mass is 346 g/mol. The first-order chi connectivity index (χ1) is 12.3. The number of nitrogens with zero attached hydrogens (tertiary/aromatic N) is 2. The highest BCUT2D eigenvalue weighted by molar-refractivity contribution is 5.33. The van der Waals surface area contributed by atoms with Gasteiger partial charge in [0.2, 0.25) is 0 Å². The molecule has 3 rings (SSSR count). The van der Waals surface area contributed by atoms with E-state index in [4.69, 9.17) is 9.47 Å². The van der Waals surface area contributed by atoms with E-state index in [9.17, 15) is 0 Å². The quantitative estimate of drug-likeness (QED) is 0.649. The molecular weight excluding hydrogens is 312 g/mol. The van der Waals surface area contributed by atoms with Crippen LogP contribution in [0.15, 0.2) is 24.3 Å². The maximum absolute atomic E-state index is 5.50. The van der Waals surface area contributed by atoms with Crippen LogP contribution in [0, 0.1) is 11.8 Å². The third-order valence-electron chi connectivity index (χ3n) is 5.63. The fraction of sp³-hybridized carbons (Fsp3) is 0.714. The molecule has 1 aromatic rings. The molecule has 25 heavy (non-hydrogen) atoms. The van der Waals surface area contributed by atoms with Crippen molar-refractivity contribution in [2.24, 2.45) is 11.8 Å². The summed E-state index contributed by atoms with van der Waals surface area (Å²) < 4.78 is 10.8. The Balaban J connectivity index is 1.44. The molecule has 1 aliphatic heterocycles. The van der Waals surface area contributed by atoms with Crippen molar-refractivity contribution in [2.45, 2.75) is 32.2 Å². The van der Waals surface area contributed by atoms with Gasteiger partial charge in [-0.05, 0) is 56.7 Å². The lowest BCUT2D eigenvalue weighted by Gasteiger charge is -2.35. The summed E-state index contributed by atoms with van der Waals surface area (Å²) in [4.78, 5) is 5.23. The van der Waals surface area contributed by atoms with E-state index in [2.05, 4.69) is 28.0 Å². The van der Waals surface area contributed by atoms with Crippen LogP contribution in [0.1, 0.15) is 31.2 Å². The molecule has 0 bridgehead atoms. The molecule has 0 aromatic heterocycles. The molecule has 1 saturated heterocycles. The molecule has 0 unspecified atom stereocenters. The van der Waals surface area contributed by atoms with Crippen LogP contribution < -0.4 is 4.74 Å². The Hall–Kier alpha value is -1.10. The van der Waals surface area contributed by atoms with Crippen molar-refractivity contribution in [1.82, 2.24) is 9.80 Å². The van der Waals surface area contributed by atoms with Gasteiger partial charge in [-0.1, -0.05) is 18.2 Å². The van der Waals surface area contributed by atoms with Crippen LogP contribution in [0.3, 0.4) is 0 Å². The zero-order chi connectivity index (χ0) is 17.5. The van der Waals surface area contributed by atoms with Gasteiger partial charge in [0, 0.05) is 38.9 Å². The van der Waals surface area contributed by atoms with Gasteiger partial charge in [-0.25, -0.2) is 0 Å². The van der Waals surface area contributed by atoms with Crippen molar-refractivity contribution in [3.8, 4) is 5.75 Å². The average molecular weight is 347 g/mol. The molecule has 4 heteroatoms. The summed E-state index contributed by atoms with van der Waals surface area (Å²) >= 11 is 0. The SMILES string of the molecule is COCCN(CC1CC1)CC1CCN(Cc2ccccc2OC)CC1.